The molecule has 1 fully saturated rings. The Morgan fingerprint density at radius 1 is 1.38 bits per heavy atom. The average Bonchev–Trinajstić information content (AvgIpc) is 3.14. The van der Waals surface area contributed by atoms with Crippen molar-refractivity contribution >= 4 is 21.3 Å². The maximum absolute atomic E-state index is 11.7. The molecule has 3 rings (SSSR count). The first-order valence-electron chi connectivity index (χ1n) is 7.78. The van der Waals surface area contributed by atoms with Gasteiger partial charge in [0, 0.05) is 32.5 Å². The maximum atomic E-state index is 11.7. The highest BCUT2D eigenvalue weighted by atomic mass is 32.2. The van der Waals surface area contributed by atoms with Crippen LogP contribution in [0.1, 0.15) is 12.1 Å². The minimum absolute atomic E-state index is 0.0463. The van der Waals surface area contributed by atoms with Gasteiger partial charge < -0.3 is 9.64 Å². The highest BCUT2D eigenvalue weighted by Gasteiger charge is 2.36. The number of aryl methyl sites for hydroxylation is 2. The second-order valence-electron chi connectivity index (χ2n) is 6.14. The predicted molar refractivity (Wildman–Crippen MR) is 92.2 cm³/mol. The van der Waals surface area contributed by atoms with E-state index in [1.165, 1.54) is 4.68 Å². The molecule has 1 saturated heterocycles. The largest absolute Gasteiger partial charge is 0.415 e. The monoisotopic (exact) mass is 382 g/mol. The van der Waals surface area contributed by atoms with E-state index in [2.05, 4.69) is 15.1 Å². The lowest BCUT2D eigenvalue weighted by molar-refractivity contribution is -0.385. The number of aromatic nitrogens is 4. The second kappa shape index (κ2) is 6.52. The van der Waals surface area contributed by atoms with Crippen molar-refractivity contribution in [1.82, 2.24) is 19.7 Å². The van der Waals surface area contributed by atoms with Gasteiger partial charge in [0.1, 0.15) is 6.33 Å². The fourth-order valence-corrected chi connectivity index (χ4v) is 3.86. The van der Waals surface area contributed by atoms with Crippen LogP contribution in [-0.2, 0) is 16.9 Å². The smallest absolute Gasteiger partial charge is 0.373 e. The Labute approximate surface area is 149 Å². The lowest BCUT2D eigenvalue weighted by Gasteiger charge is -2.17. The van der Waals surface area contributed by atoms with E-state index in [9.17, 15) is 18.5 Å². The first-order chi connectivity index (χ1) is 12.2. The van der Waals surface area contributed by atoms with Crippen LogP contribution in [-0.4, -0.2) is 57.7 Å². The summed E-state index contributed by atoms with van der Waals surface area (Å²) in [6.45, 7) is 2.25. The van der Waals surface area contributed by atoms with Gasteiger partial charge in [0.25, 0.3) is 0 Å². The quantitative estimate of drug-likeness (QED) is 0.544. The molecular weight excluding hydrogens is 364 g/mol. The summed E-state index contributed by atoms with van der Waals surface area (Å²) >= 11 is 0. The van der Waals surface area contributed by atoms with Crippen LogP contribution in [0.3, 0.4) is 0 Å². The summed E-state index contributed by atoms with van der Waals surface area (Å²) in [7, 11) is -1.59. The van der Waals surface area contributed by atoms with Crippen LogP contribution in [0, 0.1) is 17.0 Å². The molecule has 0 amide bonds. The van der Waals surface area contributed by atoms with Crippen molar-refractivity contribution in [3.63, 3.8) is 0 Å². The summed E-state index contributed by atoms with van der Waals surface area (Å²) in [5, 5.41) is 15.2. The van der Waals surface area contributed by atoms with Crippen LogP contribution in [0.5, 0.6) is 11.8 Å². The molecule has 3 heterocycles. The highest BCUT2D eigenvalue weighted by Crippen LogP contribution is 2.37. The third-order valence-electron chi connectivity index (χ3n) is 4.16. The maximum Gasteiger partial charge on any atom is 0.373 e. The normalized spacial score (nSPS) is 17.5. The third-order valence-corrected chi connectivity index (χ3v) is 5.76. The highest BCUT2D eigenvalue weighted by molar-refractivity contribution is 7.91. The first kappa shape index (κ1) is 18.0. The van der Waals surface area contributed by atoms with E-state index >= 15 is 0 Å². The third kappa shape index (κ3) is 3.45. The Bertz CT molecular complexity index is 957. The van der Waals surface area contributed by atoms with Crippen molar-refractivity contribution in [2.75, 3.05) is 24.2 Å². The van der Waals surface area contributed by atoms with Gasteiger partial charge in [0.2, 0.25) is 11.7 Å². The Kier molecular flexibility index (Phi) is 4.52. The number of anilines is 1. The zero-order valence-electron chi connectivity index (χ0n) is 14.5. The van der Waals surface area contributed by atoms with Crippen molar-refractivity contribution in [3.8, 4) is 11.8 Å². The number of nitro groups is 1. The van der Waals surface area contributed by atoms with E-state index in [-0.39, 0.29) is 18.2 Å². The van der Waals surface area contributed by atoms with Gasteiger partial charge in [0.15, 0.2) is 9.84 Å². The minimum atomic E-state index is -3.24. The SMILES string of the molecule is Cc1cc(Oc2ncnc(N3CCC(S(C)(=O)=O)C3)c2[N+](=O)[O-])n(C)n1. The molecule has 0 radical (unpaired) electrons. The van der Waals surface area contributed by atoms with Crippen molar-refractivity contribution < 1.29 is 18.1 Å². The van der Waals surface area contributed by atoms with Gasteiger partial charge in [-0.15, -0.1) is 0 Å². The van der Waals surface area contributed by atoms with Crippen molar-refractivity contribution in [1.29, 1.82) is 0 Å². The van der Waals surface area contributed by atoms with Crippen LogP contribution in [0.25, 0.3) is 0 Å². The molecule has 2 aromatic heterocycles. The van der Waals surface area contributed by atoms with Crippen LogP contribution in [0.15, 0.2) is 12.4 Å². The molecule has 26 heavy (non-hydrogen) atoms. The summed E-state index contributed by atoms with van der Waals surface area (Å²) in [6.07, 6.45) is 2.71. The molecule has 12 heteroatoms. The molecule has 0 saturated carbocycles. The summed E-state index contributed by atoms with van der Waals surface area (Å²) < 4.78 is 30.5. The molecule has 1 aliphatic rings. The first-order valence-corrected chi connectivity index (χ1v) is 9.74. The number of hydrogen-bond donors (Lipinski definition) is 0. The summed E-state index contributed by atoms with van der Waals surface area (Å²) in [6, 6.07) is 1.63. The summed E-state index contributed by atoms with van der Waals surface area (Å²) in [5.41, 5.74) is 0.287. The van der Waals surface area contributed by atoms with E-state index < -0.39 is 25.7 Å². The molecular formula is C14H18N6O5S. The minimum Gasteiger partial charge on any atom is -0.415 e. The molecule has 1 unspecified atom stereocenters. The van der Waals surface area contributed by atoms with Crippen LogP contribution in [0.2, 0.25) is 0 Å². The van der Waals surface area contributed by atoms with E-state index in [4.69, 9.17) is 4.74 Å². The second-order valence-corrected chi connectivity index (χ2v) is 8.47. The Hall–Kier alpha value is -2.76. The predicted octanol–water partition coefficient (Wildman–Crippen LogP) is 0.842. The van der Waals surface area contributed by atoms with Crippen molar-refractivity contribution in [3.05, 3.63) is 28.2 Å². The van der Waals surface area contributed by atoms with Gasteiger partial charge in [-0.05, 0) is 13.3 Å². The lowest BCUT2D eigenvalue weighted by Crippen LogP contribution is -2.27. The molecule has 2 aromatic rings. The molecule has 1 atom stereocenters. The van der Waals surface area contributed by atoms with E-state index in [1.54, 1.807) is 24.9 Å². The molecule has 1 aliphatic heterocycles. The topological polar surface area (TPSA) is 133 Å². The molecule has 0 spiro atoms. The molecule has 0 aliphatic carbocycles. The molecule has 11 nitrogen and oxygen atoms in total. The van der Waals surface area contributed by atoms with Crippen molar-refractivity contribution in [2.24, 2.45) is 7.05 Å². The average molecular weight is 382 g/mol. The van der Waals surface area contributed by atoms with Gasteiger partial charge in [-0.3, -0.25) is 10.1 Å². The van der Waals surface area contributed by atoms with Gasteiger partial charge >= 0.3 is 11.6 Å². The molecule has 0 aromatic carbocycles. The number of rotatable bonds is 5. The van der Waals surface area contributed by atoms with Crippen molar-refractivity contribution in [2.45, 2.75) is 18.6 Å². The number of ether oxygens (including phenoxy) is 1. The fourth-order valence-electron chi connectivity index (χ4n) is 2.87. The lowest BCUT2D eigenvalue weighted by atomic mass is 10.4. The molecule has 0 bridgehead atoms. The van der Waals surface area contributed by atoms with Gasteiger partial charge in [-0.1, -0.05) is 0 Å². The Morgan fingerprint density at radius 3 is 2.65 bits per heavy atom. The van der Waals surface area contributed by atoms with E-state index in [0.717, 1.165) is 12.6 Å². The Balaban J connectivity index is 1.97. The van der Waals surface area contributed by atoms with Crippen LogP contribution >= 0.6 is 0 Å². The number of nitrogens with zero attached hydrogens (tertiary/aromatic N) is 6. The summed E-state index contributed by atoms with van der Waals surface area (Å²) in [4.78, 5) is 20.5. The zero-order valence-corrected chi connectivity index (χ0v) is 15.3. The van der Waals surface area contributed by atoms with Gasteiger partial charge in [-0.2, -0.15) is 10.1 Å². The standard InChI is InChI=1S/C14H18N6O5S/c1-9-6-11(18(2)17-9)25-14-12(20(21)22)13(15-8-16-14)19-5-4-10(7-19)26(3,23)24/h6,8,10H,4-5,7H2,1-3H3. The number of sulfone groups is 1. The molecule has 140 valence electrons. The summed E-state index contributed by atoms with van der Waals surface area (Å²) in [5.74, 6) is 0.126. The Morgan fingerprint density at radius 2 is 2.12 bits per heavy atom. The van der Waals surface area contributed by atoms with Crippen LogP contribution in [0.4, 0.5) is 11.5 Å². The van der Waals surface area contributed by atoms with Gasteiger partial charge in [-0.25, -0.2) is 18.1 Å². The fraction of sp³-hybridized carbons (Fsp3) is 0.500. The van der Waals surface area contributed by atoms with E-state index in [0.29, 0.717) is 24.5 Å². The van der Waals surface area contributed by atoms with Crippen LogP contribution < -0.4 is 9.64 Å². The number of hydrogen-bond acceptors (Lipinski definition) is 9. The molecule has 0 N–H and O–H groups in total. The van der Waals surface area contributed by atoms with Gasteiger partial charge in [0.05, 0.1) is 15.9 Å². The van der Waals surface area contributed by atoms with E-state index in [1.807, 2.05) is 0 Å². The zero-order chi connectivity index (χ0) is 19.1.